The molecule has 1 N–H and O–H groups in total. The minimum absolute atomic E-state index is 0.0518. The van der Waals surface area contributed by atoms with Gasteiger partial charge in [-0.15, -0.1) is 0 Å². The van der Waals surface area contributed by atoms with Crippen molar-refractivity contribution >= 4 is 11.7 Å². The van der Waals surface area contributed by atoms with E-state index in [9.17, 15) is 4.79 Å². The van der Waals surface area contributed by atoms with Gasteiger partial charge in [0.15, 0.2) is 0 Å². The van der Waals surface area contributed by atoms with Crippen molar-refractivity contribution in [2.75, 3.05) is 18.0 Å². The smallest absolute Gasteiger partial charge is 0.322 e. The summed E-state index contributed by atoms with van der Waals surface area (Å²) in [6.45, 7) is 1.38. The molecule has 86 valence electrons. The topological polar surface area (TPSA) is 45.5 Å². The van der Waals surface area contributed by atoms with Crippen LogP contribution in [0.4, 0.5) is 10.5 Å². The minimum Gasteiger partial charge on any atom is -0.464 e. The zero-order chi connectivity index (χ0) is 11.7. The molecular formula is C13H12N2O2. The lowest BCUT2D eigenvalue weighted by Gasteiger charge is -2.17. The summed E-state index contributed by atoms with van der Waals surface area (Å²) >= 11 is 0. The predicted molar refractivity (Wildman–Crippen MR) is 64.9 cm³/mol. The van der Waals surface area contributed by atoms with Crippen molar-refractivity contribution in [1.29, 1.82) is 0 Å². The van der Waals surface area contributed by atoms with Gasteiger partial charge in [0.2, 0.25) is 0 Å². The summed E-state index contributed by atoms with van der Waals surface area (Å²) in [5.41, 5.74) is 1.83. The molecule has 4 nitrogen and oxygen atoms in total. The molecule has 3 rings (SSSR count). The maximum atomic E-state index is 11.7. The molecule has 0 unspecified atom stereocenters. The normalized spacial score (nSPS) is 15.1. The first-order chi connectivity index (χ1) is 8.36. The molecule has 0 spiro atoms. The van der Waals surface area contributed by atoms with Crippen LogP contribution in [-0.4, -0.2) is 19.1 Å². The standard InChI is InChI=1S/C13H12N2O2/c16-13-14-7-8-15(13)11-5-2-1-4-10(11)12-6-3-9-17-12/h1-6,9H,7-8H2,(H,14,16). The summed E-state index contributed by atoms with van der Waals surface area (Å²) in [4.78, 5) is 13.4. The van der Waals surface area contributed by atoms with Crippen LogP contribution in [0.1, 0.15) is 0 Å². The van der Waals surface area contributed by atoms with E-state index in [1.165, 1.54) is 0 Å². The largest absolute Gasteiger partial charge is 0.464 e. The van der Waals surface area contributed by atoms with Crippen molar-refractivity contribution in [3.05, 3.63) is 42.7 Å². The lowest BCUT2D eigenvalue weighted by Crippen LogP contribution is -2.28. The molecule has 0 atom stereocenters. The van der Waals surface area contributed by atoms with Crippen LogP contribution in [0.2, 0.25) is 0 Å². The third-order valence-electron chi connectivity index (χ3n) is 2.84. The average Bonchev–Trinajstić information content (AvgIpc) is 3.00. The number of anilines is 1. The number of benzene rings is 1. The summed E-state index contributed by atoms with van der Waals surface area (Å²) in [7, 11) is 0. The Morgan fingerprint density at radius 2 is 2.06 bits per heavy atom. The van der Waals surface area contributed by atoms with Crippen molar-refractivity contribution in [2.45, 2.75) is 0 Å². The number of rotatable bonds is 2. The molecule has 2 aromatic rings. The Morgan fingerprint density at radius 1 is 1.18 bits per heavy atom. The van der Waals surface area contributed by atoms with Gasteiger partial charge in [0, 0.05) is 18.7 Å². The van der Waals surface area contributed by atoms with Crippen LogP contribution in [0.25, 0.3) is 11.3 Å². The summed E-state index contributed by atoms with van der Waals surface area (Å²) in [5.74, 6) is 0.778. The molecular weight excluding hydrogens is 216 g/mol. The Kier molecular flexibility index (Phi) is 2.33. The third kappa shape index (κ3) is 1.67. The van der Waals surface area contributed by atoms with Crippen molar-refractivity contribution in [1.82, 2.24) is 5.32 Å². The number of nitrogens with one attached hydrogen (secondary N) is 1. The van der Waals surface area contributed by atoms with Gasteiger partial charge in [-0.2, -0.15) is 0 Å². The van der Waals surface area contributed by atoms with Gasteiger partial charge in [-0.3, -0.25) is 4.90 Å². The molecule has 0 bridgehead atoms. The predicted octanol–water partition coefficient (Wildman–Crippen LogP) is 2.48. The number of carbonyl (C=O) groups excluding carboxylic acids is 1. The summed E-state index contributed by atoms with van der Waals surface area (Å²) in [6.07, 6.45) is 1.64. The Hall–Kier alpha value is -2.23. The van der Waals surface area contributed by atoms with E-state index in [1.807, 2.05) is 36.4 Å². The van der Waals surface area contributed by atoms with Crippen molar-refractivity contribution in [2.24, 2.45) is 0 Å². The number of hydrogen-bond acceptors (Lipinski definition) is 2. The van der Waals surface area contributed by atoms with Crippen LogP contribution in [0, 0.1) is 0 Å². The molecule has 1 aromatic heterocycles. The first kappa shape index (κ1) is 9.96. The second-order valence-corrected chi connectivity index (χ2v) is 3.88. The maximum absolute atomic E-state index is 11.7. The van der Waals surface area contributed by atoms with E-state index in [1.54, 1.807) is 11.2 Å². The number of furan rings is 1. The highest BCUT2D eigenvalue weighted by atomic mass is 16.3. The number of hydrogen-bond donors (Lipinski definition) is 1. The highest BCUT2D eigenvalue weighted by Gasteiger charge is 2.24. The van der Waals surface area contributed by atoms with Crippen LogP contribution in [0.15, 0.2) is 47.1 Å². The van der Waals surface area contributed by atoms with E-state index in [0.29, 0.717) is 13.1 Å². The molecule has 0 saturated carbocycles. The van der Waals surface area contributed by atoms with Crippen molar-refractivity contribution in [3.63, 3.8) is 0 Å². The quantitative estimate of drug-likeness (QED) is 0.858. The monoisotopic (exact) mass is 228 g/mol. The highest BCUT2D eigenvalue weighted by molar-refractivity contribution is 5.97. The van der Waals surface area contributed by atoms with Crippen LogP contribution in [0.5, 0.6) is 0 Å². The number of urea groups is 1. The summed E-state index contributed by atoms with van der Waals surface area (Å²) < 4.78 is 5.40. The van der Waals surface area contributed by atoms with Gasteiger partial charge in [-0.25, -0.2) is 4.79 Å². The molecule has 2 amide bonds. The van der Waals surface area contributed by atoms with Gasteiger partial charge in [-0.05, 0) is 24.3 Å². The molecule has 1 fully saturated rings. The fourth-order valence-electron chi connectivity index (χ4n) is 2.05. The zero-order valence-corrected chi connectivity index (χ0v) is 9.22. The Bertz CT molecular complexity index is 534. The average molecular weight is 228 g/mol. The number of para-hydroxylation sites is 1. The number of nitrogens with zero attached hydrogens (tertiary/aromatic N) is 1. The van der Waals surface area contributed by atoms with Gasteiger partial charge in [-0.1, -0.05) is 12.1 Å². The van der Waals surface area contributed by atoms with Crippen LogP contribution in [-0.2, 0) is 0 Å². The lowest BCUT2D eigenvalue weighted by molar-refractivity contribution is 0.252. The molecule has 0 radical (unpaired) electrons. The molecule has 1 aliphatic rings. The molecule has 1 aromatic carbocycles. The highest BCUT2D eigenvalue weighted by Crippen LogP contribution is 2.31. The van der Waals surface area contributed by atoms with Gasteiger partial charge in [0.1, 0.15) is 5.76 Å². The molecule has 17 heavy (non-hydrogen) atoms. The second-order valence-electron chi connectivity index (χ2n) is 3.88. The summed E-state index contributed by atoms with van der Waals surface area (Å²) in [5, 5.41) is 2.80. The van der Waals surface area contributed by atoms with E-state index in [0.717, 1.165) is 17.0 Å². The minimum atomic E-state index is -0.0518. The number of amides is 2. The van der Waals surface area contributed by atoms with Crippen molar-refractivity contribution in [3.8, 4) is 11.3 Å². The van der Waals surface area contributed by atoms with Gasteiger partial charge in [0.05, 0.1) is 12.0 Å². The molecule has 2 heterocycles. The Morgan fingerprint density at radius 3 is 2.76 bits per heavy atom. The van der Waals surface area contributed by atoms with E-state index < -0.39 is 0 Å². The third-order valence-corrected chi connectivity index (χ3v) is 2.84. The van der Waals surface area contributed by atoms with E-state index in [2.05, 4.69) is 5.32 Å². The van der Waals surface area contributed by atoms with E-state index in [4.69, 9.17) is 4.42 Å². The molecule has 0 aliphatic carbocycles. The van der Waals surface area contributed by atoms with Gasteiger partial charge in [0.25, 0.3) is 0 Å². The second kappa shape index (κ2) is 3.97. The molecule has 1 saturated heterocycles. The Balaban J connectivity index is 2.08. The van der Waals surface area contributed by atoms with Gasteiger partial charge >= 0.3 is 6.03 Å². The SMILES string of the molecule is O=C1NCCN1c1ccccc1-c1ccco1. The van der Waals surface area contributed by atoms with Gasteiger partial charge < -0.3 is 9.73 Å². The lowest BCUT2D eigenvalue weighted by atomic mass is 10.1. The number of carbonyl (C=O) groups is 1. The Labute approximate surface area is 98.8 Å². The molecule has 1 aliphatic heterocycles. The zero-order valence-electron chi connectivity index (χ0n) is 9.22. The summed E-state index contributed by atoms with van der Waals surface area (Å²) in [6, 6.07) is 11.4. The fraction of sp³-hybridized carbons (Fsp3) is 0.154. The first-order valence-electron chi connectivity index (χ1n) is 5.54. The van der Waals surface area contributed by atoms with Crippen molar-refractivity contribution < 1.29 is 9.21 Å². The fourth-order valence-corrected chi connectivity index (χ4v) is 2.05. The van der Waals surface area contributed by atoms with Crippen LogP contribution < -0.4 is 10.2 Å². The van der Waals surface area contributed by atoms with E-state index in [-0.39, 0.29) is 6.03 Å². The van der Waals surface area contributed by atoms with Crippen LogP contribution >= 0.6 is 0 Å². The maximum Gasteiger partial charge on any atom is 0.322 e. The van der Waals surface area contributed by atoms with Crippen LogP contribution in [0.3, 0.4) is 0 Å². The first-order valence-corrected chi connectivity index (χ1v) is 5.54. The molecule has 4 heteroatoms. The van der Waals surface area contributed by atoms with E-state index >= 15 is 0 Å².